The number of rotatable bonds is 7. The first kappa shape index (κ1) is 23.3. The molecule has 2 saturated heterocycles. The highest BCUT2D eigenvalue weighted by Crippen LogP contribution is 2.25. The Kier molecular flexibility index (Phi) is 8.01. The zero-order valence-corrected chi connectivity index (χ0v) is 18.8. The van der Waals surface area contributed by atoms with Gasteiger partial charge in [0.25, 0.3) is 5.91 Å². The van der Waals surface area contributed by atoms with E-state index in [9.17, 15) is 14.7 Å². The number of piperidine rings is 1. The molecule has 2 N–H and O–H groups in total. The molecule has 2 aromatic rings. The lowest BCUT2D eigenvalue weighted by atomic mass is 9.90. The number of nitrogens with one attached hydrogen (secondary N) is 1. The number of benzene rings is 1. The molecule has 0 spiro atoms. The van der Waals surface area contributed by atoms with Crippen LogP contribution in [0.3, 0.4) is 0 Å². The molecule has 4 rings (SSSR count). The fraction of sp³-hybridized carbons (Fsp3) is 0.520. The molecule has 3 heterocycles. The number of amides is 2. The van der Waals surface area contributed by atoms with Crippen LogP contribution in [0.15, 0.2) is 48.9 Å². The van der Waals surface area contributed by atoms with Crippen molar-refractivity contribution in [1.29, 1.82) is 0 Å². The van der Waals surface area contributed by atoms with Crippen molar-refractivity contribution in [1.82, 2.24) is 20.2 Å². The summed E-state index contributed by atoms with van der Waals surface area (Å²) in [5.74, 6) is 0.375. The lowest BCUT2D eigenvalue weighted by Crippen LogP contribution is -2.52. The van der Waals surface area contributed by atoms with Crippen LogP contribution < -0.4 is 5.32 Å². The number of likely N-dealkylation sites (tertiary alicyclic amines) is 1. The Morgan fingerprint density at radius 3 is 2.58 bits per heavy atom. The van der Waals surface area contributed by atoms with E-state index in [-0.39, 0.29) is 36.3 Å². The number of aliphatic hydroxyl groups is 1. The average Bonchev–Trinajstić information content (AvgIpc) is 2.86. The third kappa shape index (κ3) is 6.36. The van der Waals surface area contributed by atoms with Gasteiger partial charge in [-0.15, -0.1) is 0 Å². The lowest BCUT2D eigenvalue weighted by Gasteiger charge is -2.37. The quantitative estimate of drug-likeness (QED) is 0.666. The molecule has 8 heteroatoms. The molecule has 2 aliphatic heterocycles. The summed E-state index contributed by atoms with van der Waals surface area (Å²) in [4.78, 5) is 35.1. The summed E-state index contributed by atoms with van der Waals surface area (Å²) >= 11 is 0. The van der Waals surface area contributed by atoms with Gasteiger partial charge in [-0.1, -0.05) is 30.3 Å². The van der Waals surface area contributed by atoms with E-state index < -0.39 is 6.10 Å². The topological polar surface area (TPSA) is 105 Å². The molecule has 2 amide bonds. The highest BCUT2D eigenvalue weighted by Gasteiger charge is 2.34. The predicted molar refractivity (Wildman–Crippen MR) is 122 cm³/mol. The van der Waals surface area contributed by atoms with Gasteiger partial charge in [-0.2, -0.15) is 0 Å². The maximum atomic E-state index is 12.9. The first-order valence-electron chi connectivity index (χ1n) is 11.8. The van der Waals surface area contributed by atoms with Gasteiger partial charge < -0.3 is 20.1 Å². The Bertz CT molecular complexity index is 903. The van der Waals surface area contributed by atoms with Gasteiger partial charge in [0.05, 0.1) is 31.4 Å². The van der Waals surface area contributed by atoms with Crippen molar-refractivity contribution in [3.05, 3.63) is 60.2 Å². The largest absolute Gasteiger partial charge is 0.394 e. The highest BCUT2D eigenvalue weighted by molar-refractivity contribution is 5.92. The Balaban J connectivity index is 1.22. The van der Waals surface area contributed by atoms with Crippen molar-refractivity contribution in [3.63, 3.8) is 0 Å². The molecule has 8 nitrogen and oxygen atoms in total. The highest BCUT2D eigenvalue weighted by atomic mass is 16.5. The second kappa shape index (κ2) is 11.3. The first-order valence-corrected chi connectivity index (χ1v) is 11.8. The number of hydrogen-bond acceptors (Lipinski definition) is 6. The molecule has 1 aromatic heterocycles. The predicted octanol–water partition coefficient (Wildman–Crippen LogP) is 1.99. The van der Waals surface area contributed by atoms with Gasteiger partial charge >= 0.3 is 0 Å². The van der Waals surface area contributed by atoms with E-state index in [4.69, 9.17) is 4.74 Å². The summed E-state index contributed by atoms with van der Waals surface area (Å²) in [6.45, 7) is 1.34. The number of aliphatic hydroxyl groups excluding tert-OH is 1. The van der Waals surface area contributed by atoms with E-state index in [1.165, 1.54) is 24.2 Å². The van der Waals surface area contributed by atoms with Gasteiger partial charge in [-0.3, -0.25) is 14.6 Å². The minimum absolute atomic E-state index is 0.108. The molecule has 33 heavy (non-hydrogen) atoms. The van der Waals surface area contributed by atoms with Crippen LogP contribution >= 0.6 is 0 Å². The number of aromatic nitrogens is 2. The van der Waals surface area contributed by atoms with Crippen molar-refractivity contribution < 1.29 is 19.4 Å². The van der Waals surface area contributed by atoms with Crippen LogP contribution in [0.5, 0.6) is 0 Å². The van der Waals surface area contributed by atoms with E-state index in [0.717, 1.165) is 32.4 Å². The summed E-state index contributed by atoms with van der Waals surface area (Å²) in [6.07, 6.45) is 8.26. The van der Waals surface area contributed by atoms with Crippen molar-refractivity contribution >= 4 is 11.8 Å². The molecular formula is C25H32N4O4. The molecule has 0 unspecified atom stereocenters. The van der Waals surface area contributed by atoms with Crippen molar-refractivity contribution in [2.45, 2.75) is 56.8 Å². The summed E-state index contributed by atoms with van der Waals surface area (Å²) in [7, 11) is 0. The SMILES string of the molecule is O=C(N[C@H]1CC[C@@H](CC(=O)N2CCC(Cc3ccccc3)CC2)O[C@@H]1CO)c1cnccn1. The minimum atomic E-state index is -0.547. The molecule has 0 bridgehead atoms. The number of carbonyl (C=O) groups excluding carboxylic acids is 2. The van der Waals surface area contributed by atoms with Crippen LogP contribution in [0.25, 0.3) is 0 Å². The van der Waals surface area contributed by atoms with Crippen LogP contribution in [-0.2, 0) is 16.0 Å². The minimum Gasteiger partial charge on any atom is -0.394 e. The Morgan fingerprint density at radius 2 is 1.88 bits per heavy atom. The van der Waals surface area contributed by atoms with Gasteiger partial charge in [0.15, 0.2) is 0 Å². The maximum Gasteiger partial charge on any atom is 0.271 e. The van der Waals surface area contributed by atoms with E-state index >= 15 is 0 Å². The van der Waals surface area contributed by atoms with Crippen LogP contribution in [0, 0.1) is 5.92 Å². The number of nitrogens with zero attached hydrogens (tertiary/aromatic N) is 3. The average molecular weight is 453 g/mol. The number of hydrogen-bond donors (Lipinski definition) is 2. The van der Waals surface area contributed by atoms with Crippen molar-refractivity contribution in [3.8, 4) is 0 Å². The molecular weight excluding hydrogens is 420 g/mol. The number of ether oxygens (including phenoxy) is 1. The third-order valence-electron chi connectivity index (χ3n) is 6.64. The van der Waals surface area contributed by atoms with E-state index in [0.29, 0.717) is 25.2 Å². The zero-order chi connectivity index (χ0) is 23.0. The van der Waals surface area contributed by atoms with Gasteiger partial charge in [0.1, 0.15) is 11.8 Å². The fourth-order valence-corrected chi connectivity index (χ4v) is 4.76. The molecule has 0 radical (unpaired) electrons. The Labute approximate surface area is 194 Å². The Morgan fingerprint density at radius 1 is 1.09 bits per heavy atom. The molecule has 3 atom stereocenters. The van der Waals surface area contributed by atoms with Crippen LogP contribution in [0.2, 0.25) is 0 Å². The lowest BCUT2D eigenvalue weighted by molar-refractivity contribution is -0.141. The summed E-state index contributed by atoms with van der Waals surface area (Å²) in [5, 5.41) is 12.7. The van der Waals surface area contributed by atoms with Crippen LogP contribution in [0.4, 0.5) is 0 Å². The van der Waals surface area contributed by atoms with Crippen LogP contribution in [-0.4, -0.2) is 69.7 Å². The van der Waals surface area contributed by atoms with E-state index in [2.05, 4.69) is 39.6 Å². The molecule has 176 valence electrons. The Hall–Kier alpha value is -2.84. The van der Waals surface area contributed by atoms with Crippen molar-refractivity contribution in [2.75, 3.05) is 19.7 Å². The summed E-state index contributed by atoms with van der Waals surface area (Å²) < 4.78 is 6.00. The van der Waals surface area contributed by atoms with Gasteiger partial charge in [0, 0.05) is 25.5 Å². The smallest absolute Gasteiger partial charge is 0.271 e. The fourth-order valence-electron chi connectivity index (χ4n) is 4.76. The van der Waals surface area contributed by atoms with Crippen LogP contribution in [0.1, 0.15) is 48.2 Å². The maximum absolute atomic E-state index is 12.9. The first-order chi connectivity index (χ1) is 16.1. The molecule has 1 aromatic carbocycles. The summed E-state index contributed by atoms with van der Waals surface area (Å²) in [5.41, 5.74) is 1.58. The second-order valence-electron chi connectivity index (χ2n) is 8.95. The molecule has 2 aliphatic rings. The van der Waals surface area contributed by atoms with E-state index in [1.807, 2.05) is 11.0 Å². The number of carbonyl (C=O) groups is 2. The normalized spacial score (nSPS) is 23.8. The molecule has 0 saturated carbocycles. The monoisotopic (exact) mass is 452 g/mol. The standard InChI is InChI=1S/C25H32N4O4/c30-17-23-21(28-25(32)22-16-26-10-11-27-22)7-6-20(33-23)15-24(31)29-12-8-19(9-13-29)14-18-4-2-1-3-5-18/h1-5,10-11,16,19-21,23,30H,6-9,12-15,17H2,(H,28,32)/t20-,21-,23+/m0/s1. The van der Waals surface area contributed by atoms with E-state index in [1.54, 1.807) is 0 Å². The molecule has 2 fully saturated rings. The third-order valence-corrected chi connectivity index (χ3v) is 6.64. The zero-order valence-electron chi connectivity index (χ0n) is 18.8. The van der Waals surface area contributed by atoms with Gasteiger partial charge in [-0.25, -0.2) is 4.98 Å². The van der Waals surface area contributed by atoms with Crippen molar-refractivity contribution in [2.24, 2.45) is 5.92 Å². The second-order valence-corrected chi connectivity index (χ2v) is 8.95. The summed E-state index contributed by atoms with van der Waals surface area (Å²) in [6, 6.07) is 10.2. The van der Waals surface area contributed by atoms with Gasteiger partial charge in [-0.05, 0) is 43.6 Å². The van der Waals surface area contributed by atoms with Gasteiger partial charge in [0.2, 0.25) is 5.91 Å². The molecule has 0 aliphatic carbocycles.